The fourth-order valence-electron chi connectivity index (χ4n) is 4.31. The largest absolute Gasteiger partial charge is 0.480 e. The molecule has 4 aliphatic carbocycles. The van der Waals surface area contributed by atoms with Crippen molar-refractivity contribution in [2.75, 3.05) is 6.54 Å². The van der Waals surface area contributed by atoms with E-state index in [4.69, 9.17) is 5.11 Å². The molecule has 0 radical (unpaired) electrons. The lowest BCUT2D eigenvalue weighted by Gasteiger charge is -2.37. The van der Waals surface area contributed by atoms with Crippen LogP contribution >= 0.6 is 0 Å². The minimum Gasteiger partial charge on any atom is -0.480 e. The fourth-order valence-corrected chi connectivity index (χ4v) is 4.31. The van der Waals surface area contributed by atoms with E-state index < -0.39 is 12.5 Å². The van der Waals surface area contributed by atoms with Crippen molar-refractivity contribution >= 4 is 17.8 Å². The molecule has 0 aromatic carbocycles. The average molecular weight is 247 g/mol. The van der Waals surface area contributed by atoms with Crippen LogP contribution in [0.1, 0.15) is 6.42 Å². The molecule has 2 amide bonds. The zero-order valence-corrected chi connectivity index (χ0v) is 9.65. The Balaban J connectivity index is 1.72. The number of aliphatic carboxylic acids is 1. The number of hydrogen-bond donors (Lipinski definition) is 1. The van der Waals surface area contributed by atoms with Crippen molar-refractivity contribution in [3.8, 4) is 0 Å². The summed E-state index contributed by atoms with van der Waals surface area (Å²) in [5.74, 6) is -0.771. The molecular formula is C13H13NO4. The summed E-state index contributed by atoms with van der Waals surface area (Å²) in [6.45, 7) is -0.487. The van der Waals surface area contributed by atoms with Crippen LogP contribution in [-0.2, 0) is 14.4 Å². The number of allylic oxidation sites excluding steroid dienone is 2. The van der Waals surface area contributed by atoms with E-state index in [-0.39, 0.29) is 35.5 Å². The molecule has 1 saturated heterocycles. The highest BCUT2D eigenvalue weighted by molar-refractivity contribution is 6.07. The highest BCUT2D eigenvalue weighted by Gasteiger charge is 2.67. The molecule has 0 unspecified atom stereocenters. The number of hydrogen-bond acceptors (Lipinski definition) is 3. The number of nitrogens with zero attached hydrogens (tertiary/aromatic N) is 1. The number of imide groups is 1. The number of carbonyl (C=O) groups is 3. The molecule has 1 aliphatic heterocycles. The van der Waals surface area contributed by atoms with E-state index in [0.29, 0.717) is 11.8 Å². The second-order valence-corrected chi connectivity index (χ2v) is 5.81. The first-order valence-corrected chi connectivity index (χ1v) is 6.35. The van der Waals surface area contributed by atoms with Crippen molar-refractivity contribution in [1.29, 1.82) is 0 Å². The maximum absolute atomic E-state index is 12.2. The Morgan fingerprint density at radius 3 is 2.11 bits per heavy atom. The Morgan fingerprint density at radius 1 is 1.17 bits per heavy atom. The third kappa shape index (κ3) is 1.05. The predicted molar refractivity (Wildman–Crippen MR) is 59.1 cm³/mol. The van der Waals surface area contributed by atoms with Crippen LogP contribution in [0.2, 0.25) is 0 Å². The minimum atomic E-state index is -1.12. The molecule has 2 saturated carbocycles. The Bertz CT molecular complexity index is 475. The Hall–Kier alpha value is -1.65. The van der Waals surface area contributed by atoms with E-state index >= 15 is 0 Å². The van der Waals surface area contributed by atoms with Gasteiger partial charge in [0.05, 0.1) is 11.8 Å². The van der Waals surface area contributed by atoms with E-state index in [2.05, 4.69) is 12.2 Å². The lowest BCUT2D eigenvalue weighted by molar-refractivity contribution is -0.149. The number of carboxylic acid groups (broad SMARTS) is 1. The molecule has 2 bridgehead atoms. The van der Waals surface area contributed by atoms with Gasteiger partial charge in [-0.3, -0.25) is 19.3 Å². The third-order valence-corrected chi connectivity index (χ3v) is 5.05. The summed E-state index contributed by atoms with van der Waals surface area (Å²) < 4.78 is 0. The van der Waals surface area contributed by atoms with E-state index in [1.807, 2.05) is 0 Å². The molecule has 0 aromatic rings. The van der Waals surface area contributed by atoms with E-state index in [1.165, 1.54) is 0 Å². The van der Waals surface area contributed by atoms with Crippen LogP contribution in [0.5, 0.6) is 0 Å². The van der Waals surface area contributed by atoms with Crippen molar-refractivity contribution in [1.82, 2.24) is 4.90 Å². The van der Waals surface area contributed by atoms with Gasteiger partial charge in [0.15, 0.2) is 0 Å². The van der Waals surface area contributed by atoms with Gasteiger partial charge in [-0.05, 0) is 30.1 Å². The molecule has 5 rings (SSSR count). The van der Waals surface area contributed by atoms with Gasteiger partial charge in [0.1, 0.15) is 6.54 Å². The number of carbonyl (C=O) groups excluding carboxylic acids is 2. The number of rotatable bonds is 2. The van der Waals surface area contributed by atoms with E-state index in [0.717, 1.165) is 11.3 Å². The smallest absolute Gasteiger partial charge is 0.323 e. The number of likely N-dealkylation sites (tertiary alicyclic amines) is 1. The summed E-state index contributed by atoms with van der Waals surface area (Å²) in [4.78, 5) is 36.2. The summed E-state index contributed by atoms with van der Waals surface area (Å²) in [5, 5.41) is 8.79. The highest BCUT2D eigenvalue weighted by atomic mass is 16.4. The summed E-state index contributed by atoms with van der Waals surface area (Å²) >= 11 is 0. The molecule has 5 nitrogen and oxygen atoms in total. The number of amides is 2. The first-order chi connectivity index (χ1) is 8.59. The summed E-state index contributed by atoms with van der Waals surface area (Å²) in [5.41, 5.74) is 0. The van der Waals surface area contributed by atoms with Crippen LogP contribution in [0, 0.1) is 35.5 Å². The fraction of sp³-hybridized carbons (Fsp3) is 0.615. The molecule has 1 heterocycles. The van der Waals surface area contributed by atoms with Gasteiger partial charge in [0.25, 0.3) is 0 Å². The lowest BCUT2D eigenvalue weighted by atomic mass is 9.63. The summed E-state index contributed by atoms with van der Waals surface area (Å²) in [7, 11) is 0. The van der Waals surface area contributed by atoms with Gasteiger partial charge >= 0.3 is 5.97 Å². The molecule has 1 N–H and O–H groups in total. The zero-order valence-electron chi connectivity index (χ0n) is 9.65. The van der Waals surface area contributed by atoms with Gasteiger partial charge in [0.2, 0.25) is 11.8 Å². The second-order valence-electron chi connectivity index (χ2n) is 5.81. The first-order valence-electron chi connectivity index (χ1n) is 6.35. The maximum atomic E-state index is 12.2. The molecule has 3 fully saturated rings. The van der Waals surface area contributed by atoms with Crippen molar-refractivity contribution in [3.05, 3.63) is 12.2 Å². The van der Waals surface area contributed by atoms with E-state index in [1.54, 1.807) is 0 Å². The molecule has 5 aliphatic rings. The van der Waals surface area contributed by atoms with E-state index in [9.17, 15) is 14.4 Å². The maximum Gasteiger partial charge on any atom is 0.323 e. The van der Waals surface area contributed by atoms with Crippen LogP contribution < -0.4 is 0 Å². The average Bonchev–Trinajstić information content (AvgIpc) is 3.11. The highest BCUT2D eigenvalue weighted by Crippen LogP contribution is 2.65. The van der Waals surface area contributed by atoms with Crippen molar-refractivity contribution < 1.29 is 19.5 Å². The van der Waals surface area contributed by atoms with Crippen molar-refractivity contribution in [2.45, 2.75) is 6.42 Å². The minimum absolute atomic E-state index is 0.167. The van der Waals surface area contributed by atoms with Crippen LogP contribution in [0.15, 0.2) is 12.2 Å². The SMILES string of the molecule is O=C(O)CN1C(=O)[C@@H]2[C@H]3C=C[C@H]([C@H]4C[C@@H]34)[C@@H]2C1=O. The predicted octanol–water partition coefficient (Wildman–Crippen LogP) is 0.124. The van der Waals surface area contributed by atoms with Crippen molar-refractivity contribution in [3.63, 3.8) is 0 Å². The molecule has 0 aromatic heterocycles. The Labute approximate surface area is 103 Å². The molecule has 6 atom stereocenters. The number of carboxylic acids is 1. The third-order valence-electron chi connectivity index (χ3n) is 5.05. The normalized spacial score (nSPS) is 47.2. The Kier molecular flexibility index (Phi) is 1.73. The lowest BCUT2D eigenvalue weighted by Crippen LogP contribution is -2.40. The van der Waals surface area contributed by atoms with Crippen LogP contribution in [-0.4, -0.2) is 34.3 Å². The van der Waals surface area contributed by atoms with Gasteiger partial charge in [-0.15, -0.1) is 0 Å². The van der Waals surface area contributed by atoms with Gasteiger partial charge in [-0.2, -0.15) is 0 Å². The van der Waals surface area contributed by atoms with Gasteiger partial charge in [-0.1, -0.05) is 12.2 Å². The molecule has 5 heteroatoms. The first kappa shape index (κ1) is 10.3. The van der Waals surface area contributed by atoms with Crippen LogP contribution in [0.3, 0.4) is 0 Å². The molecule has 0 spiro atoms. The van der Waals surface area contributed by atoms with Crippen LogP contribution in [0.25, 0.3) is 0 Å². The van der Waals surface area contributed by atoms with Gasteiger partial charge in [-0.25, -0.2) is 0 Å². The second kappa shape index (κ2) is 3.02. The molecular weight excluding hydrogens is 234 g/mol. The van der Waals surface area contributed by atoms with Gasteiger partial charge < -0.3 is 5.11 Å². The van der Waals surface area contributed by atoms with Gasteiger partial charge in [0, 0.05) is 0 Å². The quantitative estimate of drug-likeness (QED) is 0.555. The topological polar surface area (TPSA) is 74.7 Å². The zero-order chi connectivity index (χ0) is 12.6. The molecule has 94 valence electrons. The monoisotopic (exact) mass is 247 g/mol. The van der Waals surface area contributed by atoms with Crippen molar-refractivity contribution in [2.24, 2.45) is 35.5 Å². The summed E-state index contributed by atoms with van der Waals surface area (Å²) in [6, 6.07) is 0. The standard InChI is InChI=1S/C13H13NO4/c15-9(16)4-14-12(17)10-5-1-2-6(8-3-7(5)8)11(10)13(14)18/h1-2,5-8,10-11H,3-4H2,(H,15,16)/t5-,6+,7-,8+,10+,11-. The Morgan fingerprint density at radius 2 is 1.67 bits per heavy atom. The molecule has 18 heavy (non-hydrogen) atoms. The van der Waals surface area contributed by atoms with Crippen LogP contribution in [0.4, 0.5) is 0 Å². The summed E-state index contributed by atoms with van der Waals surface area (Å²) in [6.07, 6.45) is 5.28.